The number of aromatic amines is 4. The van der Waals surface area contributed by atoms with Crippen LogP contribution in [-0.4, -0.2) is 300 Å². The number of amides is 1. The van der Waals surface area contributed by atoms with Gasteiger partial charge in [-0.2, -0.15) is 60.4 Å². The molecule has 49 heteroatoms. The molecule has 0 fully saturated rings. The molecule has 0 aliphatic heterocycles. The Hall–Kier alpha value is -11.8. The van der Waals surface area contributed by atoms with E-state index in [1.54, 1.807) is 65.5 Å². The molecule has 0 aliphatic carbocycles. The van der Waals surface area contributed by atoms with Crippen LogP contribution in [0.2, 0.25) is 0 Å². The molecule has 102 heavy (non-hydrogen) atoms. The molecule has 0 radical (unpaired) electrons. The number of carboxylic acid groups (broad SMARTS) is 3. The minimum atomic E-state index is -1.11. The van der Waals surface area contributed by atoms with E-state index in [9.17, 15) is 42.7 Å². The summed E-state index contributed by atoms with van der Waals surface area (Å²) in [6.45, 7) is -0.761. The number of ether oxygens (including phenoxy) is 5. The molecule has 10 aromatic heterocycles. The van der Waals surface area contributed by atoms with Crippen molar-refractivity contribution in [3.63, 3.8) is 0 Å². The molecule has 0 saturated heterocycles. The number of rotatable bonds is 22. The number of carbonyl (C=O) groups excluding carboxylic acids is 2. The fourth-order valence-electron chi connectivity index (χ4n) is 7.79. The van der Waals surface area contributed by atoms with Gasteiger partial charge in [-0.1, -0.05) is 0 Å². The smallest absolute Gasteiger partial charge is 0.870 e. The van der Waals surface area contributed by atoms with Crippen LogP contribution in [0.4, 0.5) is 34.1 Å². The average Bonchev–Trinajstić information content (AvgIpc) is 1.71. The van der Waals surface area contributed by atoms with E-state index in [2.05, 4.69) is 100 Å². The second-order valence-electron chi connectivity index (χ2n) is 20.0. The number of nitrogens with zero attached hydrogens (tertiary/aromatic N) is 22. The number of nitrogens with two attached hydrogens (primary N) is 3. The first-order chi connectivity index (χ1) is 47.9. The number of nitrogen functional groups attached to an aromatic ring is 3. The monoisotopic (exact) mass is 1450 g/mol. The number of alkyl halides is 1. The molecule has 0 aromatic carbocycles. The summed E-state index contributed by atoms with van der Waals surface area (Å²) >= 11 is 0. The summed E-state index contributed by atoms with van der Waals surface area (Å²) in [6.07, 6.45) is 9.68. The van der Waals surface area contributed by atoms with Crippen molar-refractivity contribution in [2.45, 2.75) is 32.6 Å². The van der Waals surface area contributed by atoms with Gasteiger partial charge in [0.15, 0.2) is 28.2 Å². The van der Waals surface area contributed by atoms with E-state index in [4.69, 9.17) is 52.8 Å². The van der Waals surface area contributed by atoms with Crippen LogP contribution in [0.5, 0.6) is 11.8 Å². The van der Waals surface area contributed by atoms with E-state index < -0.39 is 60.2 Å². The first kappa shape index (κ1) is 84.4. The first-order valence-corrected chi connectivity index (χ1v) is 28.3. The number of carbonyl (C=O) groups is 5. The third kappa shape index (κ3) is 25.5. The van der Waals surface area contributed by atoms with E-state index >= 15 is 0 Å². The van der Waals surface area contributed by atoms with E-state index in [0.29, 0.717) is 35.0 Å². The summed E-state index contributed by atoms with van der Waals surface area (Å²) in [6, 6.07) is 0. The molecular weight excluding hydrogens is 1370 g/mol. The van der Waals surface area contributed by atoms with Gasteiger partial charge in [0.1, 0.15) is 59.7 Å². The fraction of sp³-hybridized carbons (Fsp3) is 0.396. The van der Waals surface area contributed by atoms with Gasteiger partial charge in [-0.15, -0.1) is 0 Å². The number of anilines is 3. The molecule has 15 N–H and O–H groups in total. The Morgan fingerprint density at radius 1 is 0.618 bits per heavy atom. The Kier molecular flexibility index (Phi) is 34.9. The van der Waals surface area contributed by atoms with Crippen molar-refractivity contribution < 1.29 is 104 Å². The Balaban J connectivity index is 0.000000428. The van der Waals surface area contributed by atoms with Crippen molar-refractivity contribution >= 4 is 127 Å². The number of aromatic nitrogens is 20. The van der Waals surface area contributed by atoms with Crippen LogP contribution in [0.1, 0.15) is 1.37 Å². The van der Waals surface area contributed by atoms with Crippen LogP contribution in [0.25, 0.3) is 55.2 Å². The van der Waals surface area contributed by atoms with Crippen molar-refractivity contribution in [3.8, 4) is 11.8 Å². The van der Waals surface area contributed by atoms with Crippen LogP contribution in [0, 0.1) is 0 Å². The van der Waals surface area contributed by atoms with Crippen LogP contribution in [-0.2, 0) is 64.4 Å². The van der Waals surface area contributed by atoms with Gasteiger partial charge in [0, 0.05) is 55.5 Å². The van der Waals surface area contributed by atoms with Gasteiger partial charge < -0.3 is 81.7 Å². The predicted octanol–water partition coefficient (Wildman–Crippen LogP) is -6.24. The number of nitrogens with one attached hydrogen (secondary N) is 5. The number of fused-ring (bicyclic) bond motifs is 5. The number of carboxylic acids is 3. The fourth-order valence-corrected chi connectivity index (χ4v) is 7.79. The molecular formula is C53H76FN30NaO17. The second kappa shape index (κ2) is 42.2. The zero-order chi connectivity index (χ0) is 75.2. The second-order valence-corrected chi connectivity index (χ2v) is 20.0. The number of H-pyrrole nitrogens is 4. The SMILES string of the molecule is CN(C)C=Nc1nc2c(cnn2CC(=O)O)c(=O)[nH]1.CNCCN(CC(=O)O)C(=O)Cn1ncc2c(=O)[nH]c(N=CN(C)C)nc21.COC(=O)Cn1ncc2c(OC)nc(N)nc21.COC(OC)N(C)C.COc1nc(N)nc2[nH]ncc12.Nc1nc2c(cnn2CC(=O)O)c(=O)[nH]1.[2H]CF.[Na+].[OH-]. The zero-order valence-corrected chi connectivity index (χ0v) is 59.3. The van der Waals surface area contributed by atoms with Gasteiger partial charge in [-0.25, -0.2) is 28.7 Å². The molecule has 0 unspecified atom stereocenters. The summed E-state index contributed by atoms with van der Waals surface area (Å²) in [4.78, 5) is 141. The van der Waals surface area contributed by atoms with Gasteiger partial charge in [0.05, 0.1) is 73.5 Å². The first-order valence-electron chi connectivity index (χ1n) is 29.0. The molecule has 0 atom stereocenters. The van der Waals surface area contributed by atoms with Gasteiger partial charge in [-0.05, 0) is 21.1 Å². The summed E-state index contributed by atoms with van der Waals surface area (Å²) in [7, 11) is 19.1. The van der Waals surface area contributed by atoms with Crippen LogP contribution < -0.4 is 78.2 Å². The number of hydrogen-bond acceptors (Lipinski definition) is 33. The quantitative estimate of drug-likeness (QED) is 0.00989. The zero-order valence-electron chi connectivity index (χ0n) is 58.3. The number of hydrogen-bond donors (Lipinski definition) is 11. The number of likely N-dealkylation sites (N-methyl/N-ethyl adjacent to an activating group) is 1. The predicted molar refractivity (Wildman–Crippen MR) is 357 cm³/mol. The number of aliphatic carboxylic acids is 3. The third-order valence-electron chi connectivity index (χ3n) is 12.0. The molecule has 548 valence electrons. The van der Waals surface area contributed by atoms with Crippen molar-refractivity contribution in [1.82, 2.24) is 124 Å². The molecule has 47 nitrogen and oxygen atoms in total. The standard InChI is InChI=1S/C15H22N8O4.C10H12N6O3.C9H11N5O3.C7H7N5O3.C6H7N5O.C5H13NO2.CH3F.Na.H2O/c1-16-4-5-22(8-12(25)26)11(24)7-23-13-10(6-18-23)14(27)20-15(19-13)17-9-21(2)3;1-15(2)5-11-10-13-8-6(9(19)14-10)3-12-16(8)4-7(17)18;1-16-6(15)4-14-7-5(3-11-14)8(17-2)13-9(10)12-7;8-7-10-5-3(6(15)11-7)1-9-12(5)2-4(13)14;1-12-5-3-2-8-11-4(3)9-6(7)10-5;1-6(2)5(7-3)8-4;1-2;;/h6,9,16H,4-5,7-8H2,1-3H3,(H,25,26)(H,19,20,27);3,5H,4H2,1-2H3,(H,17,18)(H,13,14,19);3H,4H2,1-2H3,(H2,10,12,13);1H,2H2,(H,13,14)(H3,8,10,11,15);2H,1H3,(H3,7,8,9,10,11);5H,1-4H3;1H3;;1H2/q;;;;;;;+1;/p-1/i;;;;;;1D;;. The number of methoxy groups -OCH3 is 5. The van der Waals surface area contributed by atoms with E-state index in [-0.39, 0.29) is 137 Å². The number of esters is 1. The number of aliphatic imine (C=N–C) groups is 2. The number of halogens is 1. The molecule has 10 heterocycles. The average molecular weight is 1450 g/mol. The third-order valence-corrected chi connectivity index (χ3v) is 12.0. The largest absolute Gasteiger partial charge is 1.00 e. The maximum atomic E-state index is 12.5. The maximum Gasteiger partial charge on any atom is 1.00 e. The molecule has 1 amide bonds. The summed E-state index contributed by atoms with van der Waals surface area (Å²) in [5.74, 6) is -3.03. The summed E-state index contributed by atoms with van der Waals surface area (Å²) in [5.41, 5.74) is 16.6. The summed E-state index contributed by atoms with van der Waals surface area (Å²) in [5, 5.41) is 53.2. The molecule has 10 rings (SSSR count). The van der Waals surface area contributed by atoms with Gasteiger partial charge in [0.2, 0.25) is 53.8 Å². The van der Waals surface area contributed by atoms with Crippen molar-refractivity contribution in [2.24, 2.45) is 9.98 Å². The molecule has 10 aromatic rings. The minimum Gasteiger partial charge on any atom is -0.870 e. The van der Waals surface area contributed by atoms with Crippen molar-refractivity contribution in [2.75, 3.05) is 129 Å². The van der Waals surface area contributed by atoms with Crippen LogP contribution >= 0.6 is 0 Å². The van der Waals surface area contributed by atoms with E-state index in [1.807, 2.05) is 19.0 Å². The molecule has 0 saturated carbocycles. The Bertz CT molecular complexity index is 4640. The summed E-state index contributed by atoms with van der Waals surface area (Å²) < 4.78 is 44.7. The van der Waals surface area contributed by atoms with Crippen molar-refractivity contribution in [1.29, 1.82) is 0 Å². The Morgan fingerprint density at radius 2 is 1.04 bits per heavy atom. The maximum absolute atomic E-state index is 12.5. The van der Waals surface area contributed by atoms with Crippen LogP contribution in [0.15, 0.2) is 55.4 Å². The van der Waals surface area contributed by atoms with Gasteiger partial charge in [-0.3, -0.25) is 67.7 Å². The minimum absolute atomic E-state index is 0. The topological polar surface area (TPSA) is 639 Å². The van der Waals surface area contributed by atoms with E-state index in [0.717, 1.165) is 14.7 Å². The molecule has 0 spiro atoms. The van der Waals surface area contributed by atoms with E-state index in [1.165, 1.54) is 73.1 Å². The van der Waals surface area contributed by atoms with Crippen molar-refractivity contribution in [3.05, 3.63) is 62.0 Å². The van der Waals surface area contributed by atoms with Gasteiger partial charge in [0.25, 0.3) is 16.7 Å². The Labute approximate surface area is 597 Å². The Morgan fingerprint density at radius 3 is 1.45 bits per heavy atom. The van der Waals surface area contributed by atoms with Gasteiger partial charge >= 0.3 is 53.4 Å². The molecule has 0 bridgehead atoms. The molecule has 0 aliphatic rings. The van der Waals surface area contributed by atoms with Crippen LogP contribution in [0.3, 0.4) is 0 Å². The normalized spacial score (nSPS) is 10.7.